The van der Waals surface area contributed by atoms with Gasteiger partial charge in [-0.3, -0.25) is 9.59 Å². The van der Waals surface area contributed by atoms with Gasteiger partial charge in [0.1, 0.15) is 0 Å². The van der Waals surface area contributed by atoms with Crippen molar-refractivity contribution in [2.75, 3.05) is 18.9 Å². The van der Waals surface area contributed by atoms with E-state index in [9.17, 15) is 9.59 Å². The lowest BCUT2D eigenvalue weighted by atomic mass is 10.2. The van der Waals surface area contributed by atoms with E-state index in [1.165, 1.54) is 0 Å². The minimum atomic E-state index is -0.445. The maximum absolute atomic E-state index is 11.0. The number of nitrogens with two attached hydrogens (primary N) is 1. The third-order valence-corrected chi connectivity index (χ3v) is 2.34. The van der Waals surface area contributed by atoms with Crippen LogP contribution in [0.4, 0.5) is 5.69 Å². The zero-order valence-corrected chi connectivity index (χ0v) is 9.82. The molecular weight excluding hydrogens is 218 g/mol. The predicted octanol–water partition coefficient (Wildman–Crippen LogP) is 0.724. The van der Waals surface area contributed by atoms with E-state index in [0.717, 1.165) is 12.1 Å². The number of hydrogen-bond donors (Lipinski definition) is 3. The van der Waals surface area contributed by atoms with Crippen molar-refractivity contribution in [2.45, 2.75) is 12.8 Å². The topological polar surface area (TPSA) is 84.2 Å². The number of primary amides is 1. The van der Waals surface area contributed by atoms with Gasteiger partial charge in [0.15, 0.2) is 0 Å². The Morgan fingerprint density at radius 1 is 1.35 bits per heavy atom. The number of amides is 2. The lowest BCUT2D eigenvalue weighted by Gasteiger charge is -2.06. The maximum atomic E-state index is 11.0. The summed E-state index contributed by atoms with van der Waals surface area (Å²) < 4.78 is 0. The molecule has 4 N–H and O–H groups in total. The van der Waals surface area contributed by atoms with Gasteiger partial charge < -0.3 is 16.4 Å². The van der Waals surface area contributed by atoms with Gasteiger partial charge in [0.25, 0.3) is 0 Å². The summed E-state index contributed by atoms with van der Waals surface area (Å²) in [6.45, 7) is 0.676. The largest absolute Gasteiger partial charge is 0.385 e. The van der Waals surface area contributed by atoms with Gasteiger partial charge in [0, 0.05) is 31.3 Å². The Balaban J connectivity index is 2.39. The van der Waals surface area contributed by atoms with Crippen LogP contribution in [0.2, 0.25) is 0 Å². The molecule has 92 valence electrons. The molecule has 0 aromatic heterocycles. The SMILES string of the molecule is CNC(=O)CCCNc1cccc(C(N)=O)c1. The van der Waals surface area contributed by atoms with Crippen molar-refractivity contribution in [1.29, 1.82) is 0 Å². The van der Waals surface area contributed by atoms with Crippen LogP contribution in [0.5, 0.6) is 0 Å². The van der Waals surface area contributed by atoms with Gasteiger partial charge in [-0.1, -0.05) is 6.07 Å². The fourth-order valence-corrected chi connectivity index (χ4v) is 1.39. The van der Waals surface area contributed by atoms with Gasteiger partial charge in [0.2, 0.25) is 11.8 Å². The Morgan fingerprint density at radius 2 is 2.12 bits per heavy atom. The second-order valence-corrected chi connectivity index (χ2v) is 3.65. The molecule has 5 nitrogen and oxygen atoms in total. The summed E-state index contributed by atoms with van der Waals surface area (Å²) in [5, 5.41) is 5.69. The summed E-state index contributed by atoms with van der Waals surface area (Å²) in [5.74, 6) is -0.420. The van der Waals surface area contributed by atoms with Crippen molar-refractivity contribution < 1.29 is 9.59 Å². The van der Waals surface area contributed by atoms with Crippen LogP contribution in [0.25, 0.3) is 0 Å². The Morgan fingerprint density at radius 3 is 2.76 bits per heavy atom. The molecule has 0 unspecified atom stereocenters. The number of hydrogen-bond acceptors (Lipinski definition) is 3. The van der Waals surface area contributed by atoms with Crippen molar-refractivity contribution in [2.24, 2.45) is 5.73 Å². The summed E-state index contributed by atoms with van der Waals surface area (Å²) in [7, 11) is 1.62. The molecule has 1 aromatic carbocycles. The Labute approximate surface area is 100 Å². The molecule has 0 bridgehead atoms. The monoisotopic (exact) mass is 235 g/mol. The molecule has 0 aliphatic carbocycles. The number of anilines is 1. The summed E-state index contributed by atoms with van der Waals surface area (Å²) in [4.78, 5) is 21.9. The molecule has 5 heteroatoms. The highest BCUT2D eigenvalue weighted by atomic mass is 16.1. The highest BCUT2D eigenvalue weighted by Gasteiger charge is 2.01. The van der Waals surface area contributed by atoms with Gasteiger partial charge in [-0.05, 0) is 24.6 Å². The third kappa shape index (κ3) is 4.55. The number of carbonyl (C=O) groups is 2. The Bertz CT molecular complexity index is 404. The third-order valence-electron chi connectivity index (χ3n) is 2.34. The zero-order chi connectivity index (χ0) is 12.7. The van der Waals surface area contributed by atoms with Crippen molar-refractivity contribution >= 4 is 17.5 Å². The first-order valence-corrected chi connectivity index (χ1v) is 5.48. The van der Waals surface area contributed by atoms with Gasteiger partial charge in [0.05, 0.1) is 0 Å². The molecule has 0 saturated carbocycles. The lowest BCUT2D eigenvalue weighted by Crippen LogP contribution is -2.18. The Hall–Kier alpha value is -2.04. The fourth-order valence-electron chi connectivity index (χ4n) is 1.39. The zero-order valence-electron chi connectivity index (χ0n) is 9.82. The van der Waals surface area contributed by atoms with Crippen LogP contribution < -0.4 is 16.4 Å². The quantitative estimate of drug-likeness (QED) is 0.635. The number of nitrogens with one attached hydrogen (secondary N) is 2. The number of rotatable bonds is 6. The Kier molecular flexibility index (Phi) is 5.00. The average molecular weight is 235 g/mol. The van der Waals surface area contributed by atoms with Crippen LogP contribution in [0.1, 0.15) is 23.2 Å². The average Bonchev–Trinajstić information content (AvgIpc) is 2.34. The van der Waals surface area contributed by atoms with Crippen LogP contribution in [0.15, 0.2) is 24.3 Å². The van der Waals surface area contributed by atoms with E-state index in [4.69, 9.17) is 5.73 Å². The second kappa shape index (κ2) is 6.52. The molecule has 0 heterocycles. The first-order valence-electron chi connectivity index (χ1n) is 5.48. The van der Waals surface area contributed by atoms with E-state index in [0.29, 0.717) is 18.5 Å². The van der Waals surface area contributed by atoms with E-state index in [2.05, 4.69) is 10.6 Å². The van der Waals surface area contributed by atoms with E-state index >= 15 is 0 Å². The van der Waals surface area contributed by atoms with Crippen LogP contribution in [0, 0.1) is 0 Å². The van der Waals surface area contributed by atoms with Crippen LogP contribution >= 0.6 is 0 Å². The van der Waals surface area contributed by atoms with Crippen molar-refractivity contribution in [3.05, 3.63) is 29.8 Å². The maximum Gasteiger partial charge on any atom is 0.248 e. The highest BCUT2D eigenvalue weighted by Crippen LogP contribution is 2.10. The molecule has 0 atom stereocenters. The first-order chi connectivity index (χ1) is 8.13. The van der Waals surface area contributed by atoms with E-state index < -0.39 is 5.91 Å². The smallest absolute Gasteiger partial charge is 0.248 e. The normalized spacial score (nSPS) is 9.71. The molecule has 0 saturated heterocycles. The summed E-state index contributed by atoms with van der Waals surface area (Å²) >= 11 is 0. The van der Waals surface area contributed by atoms with E-state index in [1.807, 2.05) is 6.07 Å². The molecule has 0 aliphatic heterocycles. The van der Waals surface area contributed by atoms with E-state index in [-0.39, 0.29) is 5.91 Å². The highest BCUT2D eigenvalue weighted by molar-refractivity contribution is 5.93. The van der Waals surface area contributed by atoms with Gasteiger partial charge in [-0.2, -0.15) is 0 Å². The summed E-state index contributed by atoms with van der Waals surface area (Å²) in [6, 6.07) is 6.98. The molecule has 1 aromatic rings. The molecule has 1 rings (SSSR count). The number of carbonyl (C=O) groups excluding carboxylic acids is 2. The van der Waals surface area contributed by atoms with Gasteiger partial charge in [-0.25, -0.2) is 0 Å². The molecule has 17 heavy (non-hydrogen) atoms. The fraction of sp³-hybridized carbons (Fsp3) is 0.333. The van der Waals surface area contributed by atoms with Crippen LogP contribution in [-0.2, 0) is 4.79 Å². The van der Waals surface area contributed by atoms with Crippen molar-refractivity contribution in [3.63, 3.8) is 0 Å². The van der Waals surface area contributed by atoms with Gasteiger partial charge >= 0.3 is 0 Å². The van der Waals surface area contributed by atoms with Gasteiger partial charge in [-0.15, -0.1) is 0 Å². The molecule has 2 amide bonds. The summed E-state index contributed by atoms with van der Waals surface area (Å²) in [5.41, 5.74) is 6.48. The van der Waals surface area contributed by atoms with Crippen LogP contribution in [-0.4, -0.2) is 25.4 Å². The minimum absolute atomic E-state index is 0.0256. The molecule has 0 aliphatic rings. The number of benzene rings is 1. The van der Waals surface area contributed by atoms with Crippen LogP contribution in [0.3, 0.4) is 0 Å². The second-order valence-electron chi connectivity index (χ2n) is 3.65. The molecule has 0 radical (unpaired) electrons. The molecule has 0 fully saturated rings. The van der Waals surface area contributed by atoms with Crippen molar-refractivity contribution in [1.82, 2.24) is 5.32 Å². The standard InChI is InChI=1S/C12H17N3O2/c1-14-11(16)6-3-7-15-10-5-2-4-9(8-10)12(13)17/h2,4-5,8,15H,3,6-7H2,1H3,(H2,13,17)(H,14,16). The van der Waals surface area contributed by atoms with Crippen molar-refractivity contribution in [3.8, 4) is 0 Å². The molecule has 0 spiro atoms. The predicted molar refractivity (Wildman–Crippen MR) is 66.8 cm³/mol. The van der Waals surface area contributed by atoms with E-state index in [1.54, 1.807) is 25.2 Å². The minimum Gasteiger partial charge on any atom is -0.385 e. The molecular formula is C12H17N3O2. The first kappa shape index (κ1) is 13.0. The summed E-state index contributed by atoms with van der Waals surface area (Å²) in [6.07, 6.45) is 1.22. The lowest BCUT2D eigenvalue weighted by molar-refractivity contribution is -0.120.